The van der Waals surface area contributed by atoms with Gasteiger partial charge in [0.25, 0.3) is 5.19 Å². The number of hydrogen-bond acceptors (Lipinski definition) is 5. The Morgan fingerprint density at radius 1 is 1.06 bits per heavy atom. The summed E-state index contributed by atoms with van der Waals surface area (Å²) in [6.07, 6.45) is 0. The van der Waals surface area contributed by atoms with Gasteiger partial charge in [-0.2, -0.15) is 0 Å². The molecule has 0 saturated carbocycles. The fraction of sp³-hybridized carbons (Fsp3) is 0.0769. The first-order valence-electron chi connectivity index (χ1n) is 5.41. The number of phenols is 1. The van der Waals surface area contributed by atoms with Crippen LogP contribution in [0.25, 0.3) is 10.8 Å². The highest BCUT2D eigenvalue weighted by Crippen LogP contribution is 2.28. The van der Waals surface area contributed by atoms with E-state index in [1.807, 2.05) is 31.2 Å². The van der Waals surface area contributed by atoms with E-state index in [1.54, 1.807) is 12.1 Å². The first kappa shape index (κ1) is 11.0. The summed E-state index contributed by atoms with van der Waals surface area (Å²) >= 11 is 1.40. The van der Waals surface area contributed by atoms with Crippen LogP contribution in [0.4, 0.5) is 0 Å². The minimum atomic E-state index is 0.242. The van der Waals surface area contributed by atoms with Crippen LogP contribution in [0.15, 0.2) is 36.4 Å². The van der Waals surface area contributed by atoms with E-state index in [9.17, 15) is 5.11 Å². The maximum atomic E-state index is 9.45. The van der Waals surface area contributed by atoms with Crippen molar-refractivity contribution < 1.29 is 9.84 Å². The number of aromatic hydroxyl groups is 1. The van der Waals surface area contributed by atoms with Gasteiger partial charge in [0.1, 0.15) is 16.5 Å². The topological polar surface area (TPSA) is 55.2 Å². The lowest BCUT2D eigenvalue weighted by Gasteiger charge is -2.03. The Morgan fingerprint density at radius 2 is 1.89 bits per heavy atom. The maximum Gasteiger partial charge on any atom is 0.299 e. The molecule has 5 heteroatoms. The van der Waals surface area contributed by atoms with E-state index in [4.69, 9.17) is 4.74 Å². The van der Waals surface area contributed by atoms with Crippen molar-refractivity contribution in [3.05, 3.63) is 41.4 Å². The normalized spacial score (nSPS) is 10.7. The van der Waals surface area contributed by atoms with Crippen LogP contribution in [0.1, 0.15) is 5.01 Å². The van der Waals surface area contributed by atoms with Gasteiger partial charge in [0.2, 0.25) is 0 Å². The van der Waals surface area contributed by atoms with Crippen LogP contribution >= 0.6 is 11.3 Å². The molecule has 0 aliphatic heterocycles. The number of hydrogen-bond donors (Lipinski definition) is 1. The van der Waals surface area contributed by atoms with Gasteiger partial charge >= 0.3 is 0 Å². The molecule has 0 aliphatic carbocycles. The van der Waals surface area contributed by atoms with Crippen LogP contribution < -0.4 is 4.74 Å². The lowest BCUT2D eigenvalue weighted by Crippen LogP contribution is -1.83. The molecule has 0 atom stereocenters. The second-order valence-corrected chi connectivity index (χ2v) is 5.03. The molecule has 1 aromatic heterocycles. The molecular formula is C13H10N2O2S. The van der Waals surface area contributed by atoms with Crippen LogP contribution in [0, 0.1) is 6.92 Å². The highest BCUT2D eigenvalue weighted by atomic mass is 32.1. The Balaban J connectivity index is 1.97. The highest BCUT2D eigenvalue weighted by Gasteiger charge is 2.04. The molecule has 0 saturated heterocycles. The summed E-state index contributed by atoms with van der Waals surface area (Å²) in [5, 5.41) is 20.6. The summed E-state index contributed by atoms with van der Waals surface area (Å²) in [5.74, 6) is 0.927. The average Bonchev–Trinajstić information content (AvgIpc) is 2.74. The van der Waals surface area contributed by atoms with Crippen LogP contribution in [-0.2, 0) is 0 Å². The average molecular weight is 258 g/mol. The van der Waals surface area contributed by atoms with Gasteiger partial charge in [-0.25, -0.2) is 0 Å². The number of benzene rings is 2. The van der Waals surface area contributed by atoms with Crippen LogP contribution in [0.2, 0.25) is 0 Å². The molecule has 90 valence electrons. The second kappa shape index (κ2) is 4.27. The molecule has 0 spiro atoms. The first-order chi connectivity index (χ1) is 8.70. The van der Waals surface area contributed by atoms with E-state index < -0.39 is 0 Å². The number of fused-ring (bicyclic) bond motifs is 1. The fourth-order valence-corrected chi connectivity index (χ4v) is 2.25. The van der Waals surface area contributed by atoms with Crippen LogP contribution in [-0.4, -0.2) is 15.3 Å². The van der Waals surface area contributed by atoms with Crippen LogP contribution in [0.3, 0.4) is 0 Å². The molecule has 0 bridgehead atoms. The van der Waals surface area contributed by atoms with Gasteiger partial charge in [0.15, 0.2) is 0 Å². The third-order valence-corrected chi connectivity index (χ3v) is 3.22. The SMILES string of the molecule is Cc1nnc(Oc2ccc3ccc(O)cc3c2)s1. The van der Waals surface area contributed by atoms with Gasteiger partial charge in [0.05, 0.1) is 0 Å². The quantitative estimate of drug-likeness (QED) is 0.764. The van der Waals surface area contributed by atoms with Gasteiger partial charge in [0, 0.05) is 0 Å². The Hall–Kier alpha value is -2.14. The predicted molar refractivity (Wildman–Crippen MR) is 70.3 cm³/mol. The predicted octanol–water partition coefficient (Wildman–Crippen LogP) is 3.50. The Morgan fingerprint density at radius 3 is 2.67 bits per heavy atom. The molecule has 0 unspecified atom stereocenters. The van der Waals surface area contributed by atoms with E-state index in [0.29, 0.717) is 10.9 Å². The molecule has 3 aromatic rings. The molecule has 0 radical (unpaired) electrons. The minimum Gasteiger partial charge on any atom is -0.508 e. The minimum absolute atomic E-state index is 0.242. The Kier molecular flexibility index (Phi) is 2.60. The molecule has 18 heavy (non-hydrogen) atoms. The lowest BCUT2D eigenvalue weighted by molar-refractivity contribution is 0.473. The van der Waals surface area contributed by atoms with Crippen LogP contribution in [0.5, 0.6) is 16.7 Å². The fourth-order valence-electron chi connectivity index (χ4n) is 1.70. The summed E-state index contributed by atoms with van der Waals surface area (Å²) in [7, 11) is 0. The van der Waals surface area contributed by atoms with Crippen molar-refractivity contribution in [2.24, 2.45) is 0 Å². The zero-order valence-electron chi connectivity index (χ0n) is 9.62. The standard InChI is InChI=1S/C13H10N2O2S/c1-8-14-15-13(18-8)17-12-5-3-9-2-4-11(16)6-10(9)7-12/h2-7,16H,1H3. The van der Waals surface area contributed by atoms with Crippen molar-refractivity contribution in [3.63, 3.8) is 0 Å². The second-order valence-electron chi connectivity index (χ2n) is 3.88. The molecule has 2 aromatic carbocycles. The van der Waals surface area contributed by atoms with Crippen molar-refractivity contribution >= 4 is 22.1 Å². The third kappa shape index (κ3) is 2.12. The van der Waals surface area contributed by atoms with E-state index >= 15 is 0 Å². The first-order valence-corrected chi connectivity index (χ1v) is 6.23. The third-order valence-electron chi connectivity index (χ3n) is 2.51. The summed E-state index contributed by atoms with van der Waals surface area (Å²) in [6.45, 7) is 1.88. The summed E-state index contributed by atoms with van der Waals surface area (Å²) < 4.78 is 5.61. The summed E-state index contributed by atoms with van der Waals surface area (Å²) in [4.78, 5) is 0. The molecule has 0 amide bonds. The molecule has 0 aliphatic rings. The molecule has 4 nitrogen and oxygen atoms in total. The monoisotopic (exact) mass is 258 g/mol. The van der Waals surface area contributed by atoms with E-state index in [-0.39, 0.29) is 5.75 Å². The number of phenolic OH excluding ortho intramolecular Hbond substituents is 1. The van der Waals surface area contributed by atoms with Gasteiger partial charge in [-0.1, -0.05) is 28.6 Å². The number of nitrogens with zero attached hydrogens (tertiary/aromatic N) is 2. The maximum absolute atomic E-state index is 9.45. The van der Waals surface area contributed by atoms with Crippen molar-refractivity contribution in [1.29, 1.82) is 0 Å². The molecule has 0 fully saturated rings. The molecule has 1 N–H and O–H groups in total. The Labute approximate surface area is 107 Å². The Bertz CT molecular complexity index is 709. The zero-order chi connectivity index (χ0) is 12.5. The summed E-state index contributed by atoms with van der Waals surface area (Å²) in [5.41, 5.74) is 0. The molecular weight excluding hydrogens is 248 g/mol. The lowest BCUT2D eigenvalue weighted by atomic mass is 10.1. The van der Waals surface area contributed by atoms with Gasteiger partial charge in [-0.05, 0) is 42.0 Å². The number of ether oxygens (including phenoxy) is 1. The molecule has 3 rings (SSSR count). The van der Waals surface area contributed by atoms with Crippen molar-refractivity contribution in [3.8, 4) is 16.7 Å². The largest absolute Gasteiger partial charge is 0.508 e. The summed E-state index contributed by atoms with van der Waals surface area (Å²) in [6, 6.07) is 10.9. The van der Waals surface area contributed by atoms with Gasteiger partial charge in [-0.15, -0.1) is 5.10 Å². The van der Waals surface area contributed by atoms with Gasteiger partial charge < -0.3 is 9.84 Å². The number of rotatable bonds is 2. The number of aromatic nitrogens is 2. The smallest absolute Gasteiger partial charge is 0.299 e. The van der Waals surface area contributed by atoms with Crippen molar-refractivity contribution in [2.45, 2.75) is 6.92 Å². The molecule has 1 heterocycles. The zero-order valence-corrected chi connectivity index (χ0v) is 10.4. The van der Waals surface area contributed by atoms with E-state index in [0.717, 1.165) is 15.8 Å². The van der Waals surface area contributed by atoms with Gasteiger partial charge in [-0.3, -0.25) is 0 Å². The highest BCUT2D eigenvalue weighted by molar-refractivity contribution is 7.13. The van der Waals surface area contributed by atoms with E-state index in [1.165, 1.54) is 11.3 Å². The number of aryl methyl sites for hydroxylation is 1. The van der Waals surface area contributed by atoms with E-state index in [2.05, 4.69) is 10.2 Å². The van der Waals surface area contributed by atoms with Crippen molar-refractivity contribution in [2.75, 3.05) is 0 Å². The van der Waals surface area contributed by atoms with Crippen molar-refractivity contribution in [1.82, 2.24) is 10.2 Å².